The SMILES string of the molecule is CCCNC(CCOCC)c1c(Br)cnn1CCOC. The van der Waals surface area contributed by atoms with Crippen LogP contribution in [-0.2, 0) is 16.0 Å². The van der Waals surface area contributed by atoms with Crippen LogP contribution >= 0.6 is 15.9 Å². The molecule has 6 heteroatoms. The summed E-state index contributed by atoms with van der Waals surface area (Å²) >= 11 is 3.61. The fraction of sp³-hybridized carbons (Fsp3) is 0.786. The van der Waals surface area contributed by atoms with Crippen molar-refractivity contribution in [3.63, 3.8) is 0 Å². The van der Waals surface area contributed by atoms with Crippen molar-refractivity contribution in [3.05, 3.63) is 16.4 Å². The van der Waals surface area contributed by atoms with Gasteiger partial charge in [-0.05, 0) is 42.2 Å². The van der Waals surface area contributed by atoms with Gasteiger partial charge in [-0.1, -0.05) is 6.92 Å². The first kappa shape index (κ1) is 17.6. The molecule has 0 aliphatic heterocycles. The Morgan fingerprint density at radius 2 is 2.20 bits per heavy atom. The number of rotatable bonds is 11. The molecule has 20 heavy (non-hydrogen) atoms. The molecule has 0 aromatic carbocycles. The Kier molecular flexibility index (Phi) is 9.09. The zero-order valence-electron chi connectivity index (χ0n) is 12.7. The molecule has 1 unspecified atom stereocenters. The van der Waals surface area contributed by atoms with Gasteiger partial charge in [-0.3, -0.25) is 4.68 Å². The first-order valence-corrected chi connectivity index (χ1v) is 8.05. The van der Waals surface area contributed by atoms with E-state index in [-0.39, 0.29) is 6.04 Å². The van der Waals surface area contributed by atoms with Crippen molar-refractivity contribution in [2.75, 3.05) is 33.5 Å². The molecule has 1 N–H and O–H groups in total. The smallest absolute Gasteiger partial charge is 0.0697 e. The van der Waals surface area contributed by atoms with E-state index in [0.29, 0.717) is 6.61 Å². The minimum atomic E-state index is 0.246. The van der Waals surface area contributed by atoms with Gasteiger partial charge in [-0.25, -0.2) is 0 Å². The third kappa shape index (κ3) is 5.52. The summed E-state index contributed by atoms with van der Waals surface area (Å²) < 4.78 is 13.7. The second-order valence-corrected chi connectivity index (χ2v) is 5.44. The molecule has 0 saturated heterocycles. The Morgan fingerprint density at radius 3 is 2.85 bits per heavy atom. The molecule has 0 radical (unpaired) electrons. The molecular formula is C14H26BrN3O2. The van der Waals surface area contributed by atoms with Crippen molar-refractivity contribution >= 4 is 15.9 Å². The topological polar surface area (TPSA) is 48.3 Å². The summed E-state index contributed by atoms with van der Waals surface area (Å²) in [6.07, 6.45) is 3.90. The molecular weight excluding hydrogens is 322 g/mol. The van der Waals surface area contributed by atoms with Crippen molar-refractivity contribution in [3.8, 4) is 0 Å². The average Bonchev–Trinajstić information content (AvgIpc) is 2.81. The van der Waals surface area contributed by atoms with E-state index in [0.717, 1.165) is 43.6 Å². The number of hydrogen-bond donors (Lipinski definition) is 1. The number of methoxy groups -OCH3 is 1. The molecule has 0 aliphatic carbocycles. The molecule has 0 bridgehead atoms. The second kappa shape index (κ2) is 10.3. The standard InChI is InChI=1S/C14H26BrN3O2/c1-4-7-16-13(6-9-20-5-2)14-12(15)11-17-18(14)8-10-19-3/h11,13,16H,4-10H2,1-3H3. The van der Waals surface area contributed by atoms with Gasteiger partial charge in [-0.15, -0.1) is 0 Å². The monoisotopic (exact) mass is 347 g/mol. The summed E-state index contributed by atoms with van der Waals surface area (Å²) in [6.45, 7) is 8.10. The maximum Gasteiger partial charge on any atom is 0.0697 e. The minimum Gasteiger partial charge on any atom is -0.383 e. The lowest BCUT2D eigenvalue weighted by atomic mass is 10.1. The third-order valence-corrected chi connectivity index (χ3v) is 3.68. The first-order valence-electron chi connectivity index (χ1n) is 7.25. The summed E-state index contributed by atoms with van der Waals surface area (Å²) in [6, 6.07) is 0.246. The van der Waals surface area contributed by atoms with Gasteiger partial charge in [0.1, 0.15) is 0 Å². The molecule has 0 spiro atoms. The van der Waals surface area contributed by atoms with Crippen LogP contribution in [0, 0.1) is 0 Å². The highest BCUT2D eigenvalue weighted by atomic mass is 79.9. The van der Waals surface area contributed by atoms with E-state index in [1.807, 2.05) is 17.8 Å². The van der Waals surface area contributed by atoms with Crippen LogP contribution in [0.15, 0.2) is 10.7 Å². The van der Waals surface area contributed by atoms with Crippen LogP contribution in [0.4, 0.5) is 0 Å². The van der Waals surface area contributed by atoms with E-state index >= 15 is 0 Å². The van der Waals surface area contributed by atoms with E-state index < -0.39 is 0 Å². The molecule has 0 amide bonds. The molecule has 5 nitrogen and oxygen atoms in total. The molecule has 0 aliphatic rings. The maximum absolute atomic E-state index is 5.49. The van der Waals surface area contributed by atoms with E-state index in [1.54, 1.807) is 7.11 Å². The second-order valence-electron chi connectivity index (χ2n) is 4.59. The number of nitrogens with one attached hydrogen (secondary N) is 1. The number of halogens is 1. The van der Waals surface area contributed by atoms with Gasteiger partial charge in [0.25, 0.3) is 0 Å². The summed E-state index contributed by atoms with van der Waals surface area (Å²) in [4.78, 5) is 0. The van der Waals surface area contributed by atoms with Gasteiger partial charge in [0.15, 0.2) is 0 Å². The number of aromatic nitrogens is 2. The number of nitrogens with zero attached hydrogens (tertiary/aromatic N) is 2. The van der Waals surface area contributed by atoms with Crippen molar-refractivity contribution in [2.24, 2.45) is 0 Å². The van der Waals surface area contributed by atoms with Crippen LogP contribution in [-0.4, -0.2) is 43.3 Å². The van der Waals surface area contributed by atoms with Gasteiger partial charge >= 0.3 is 0 Å². The molecule has 0 saturated carbocycles. The zero-order chi connectivity index (χ0) is 14.8. The highest BCUT2D eigenvalue weighted by Gasteiger charge is 2.19. The van der Waals surface area contributed by atoms with Crippen LogP contribution in [0.1, 0.15) is 38.4 Å². The molecule has 116 valence electrons. The molecule has 1 atom stereocenters. The number of hydrogen-bond acceptors (Lipinski definition) is 4. The van der Waals surface area contributed by atoms with E-state index in [4.69, 9.17) is 9.47 Å². The Labute approximate surface area is 130 Å². The fourth-order valence-corrected chi connectivity index (χ4v) is 2.65. The Hall–Kier alpha value is -0.430. The summed E-state index contributed by atoms with van der Waals surface area (Å²) in [5.74, 6) is 0. The average molecular weight is 348 g/mol. The summed E-state index contributed by atoms with van der Waals surface area (Å²) in [5.41, 5.74) is 1.18. The Morgan fingerprint density at radius 1 is 1.40 bits per heavy atom. The lowest BCUT2D eigenvalue weighted by Gasteiger charge is -2.20. The van der Waals surface area contributed by atoms with Crippen molar-refractivity contribution in [2.45, 2.75) is 39.3 Å². The molecule has 1 rings (SSSR count). The van der Waals surface area contributed by atoms with Gasteiger partial charge in [-0.2, -0.15) is 5.10 Å². The maximum atomic E-state index is 5.49. The largest absolute Gasteiger partial charge is 0.383 e. The van der Waals surface area contributed by atoms with Gasteiger partial charge in [0.05, 0.1) is 35.6 Å². The van der Waals surface area contributed by atoms with E-state index in [2.05, 4.69) is 33.3 Å². The predicted molar refractivity (Wildman–Crippen MR) is 83.9 cm³/mol. The van der Waals surface area contributed by atoms with E-state index in [1.165, 1.54) is 5.69 Å². The molecule has 1 aromatic rings. The first-order chi connectivity index (χ1) is 9.74. The van der Waals surface area contributed by atoms with Crippen LogP contribution in [0.25, 0.3) is 0 Å². The highest BCUT2D eigenvalue weighted by Crippen LogP contribution is 2.25. The highest BCUT2D eigenvalue weighted by molar-refractivity contribution is 9.10. The van der Waals surface area contributed by atoms with Gasteiger partial charge in [0.2, 0.25) is 0 Å². The van der Waals surface area contributed by atoms with Crippen LogP contribution in [0.3, 0.4) is 0 Å². The van der Waals surface area contributed by atoms with Gasteiger partial charge < -0.3 is 14.8 Å². The molecule has 1 heterocycles. The molecule has 1 aromatic heterocycles. The normalized spacial score (nSPS) is 12.8. The lowest BCUT2D eigenvalue weighted by Crippen LogP contribution is -2.27. The van der Waals surface area contributed by atoms with Crippen molar-refractivity contribution in [1.82, 2.24) is 15.1 Å². The van der Waals surface area contributed by atoms with Gasteiger partial charge in [0, 0.05) is 20.3 Å². The molecule has 0 fully saturated rings. The van der Waals surface area contributed by atoms with Crippen LogP contribution in [0.2, 0.25) is 0 Å². The lowest BCUT2D eigenvalue weighted by molar-refractivity contribution is 0.134. The van der Waals surface area contributed by atoms with Crippen LogP contribution < -0.4 is 5.32 Å². The quantitative estimate of drug-likeness (QED) is 0.625. The van der Waals surface area contributed by atoms with Crippen LogP contribution in [0.5, 0.6) is 0 Å². The Balaban J connectivity index is 2.78. The summed E-state index contributed by atoms with van der Waals surface area (Å²) in [5, 5.41) is 8.00. The van der Waals surface area contributed by atoms with E-state index in [9.17, 15) is 0 Å². The Bertz CT molecular complexity index is 371. The number of ether oxygens (including phenoxy) is 2. The van der Waals surface area contributed by atoms with Crippen molar-refractivity contribution in [1.29, 1.82) is 0 Å². The third-order valence-electron chi connectivity index (χ3n) is 3.07. The van der Waals surface area contributed by atoms with Crippen molar-refractivity contribution < 1.29 is 9.47 Å². The predicted octanol–water partition coefficient (Wildman–Crippen LogP) is 2.76. The fourth-order valence-electron chi connectivity index (χ4n) is 2.07. The summed E-state index contributed by atoms with van der Waals surface area (Å²) in [7, 11) is 1.71. The minimum absolute atomic E-state index is 0.246. The zero-order valence-corrected chi connectivity index (χ0v) is 14.3.